The maximum atomic E-state index is 12.7. The molecule has 0 saturated carbocycles. The molecule has 1 aromatic carbocycles. The molecule has 0 radical (unpaired) electrons. The van der Waals surface area contributed by atoms with Gasteiger partial charge in [-0.3, -0.25) is 9.78 Å². The second-order valence-corrected chi connectivity index (χ2v) is 6.96. The molecule has 4 aromatic rings. The fourth-order valence-electron chi connectivity index (χ4n) is 2.76. The van der Waals surface area contributed by atoms with E-state index >= 15 is 0 Å². The Morgan fingerprint density at radius 2 is 2.04 bits per heavy atom. The van der Waals surface area contributed by atoms with Gasteiger partial charge >= 0.3 is 0 Å². The van der Waals surface area contributed by atoms with Crippen LogP contribution in [0.5, 0.6) is 11.5 Å². The molecule has 0 fully saturated rings. The first kappa shape index (κ1) is 17.2. The summed E-state index contributed by atoms with van der Waals surface area (Å²) >= 11 is 1.48. The largest absolute Gasteiger partial charge is 0.497 e. The smallest absolute Gasteiger partial charge is 0.237 e. The summed E-state index contributed by atoms with van der Waals surface area (Å²) in [5.41, 5.74) is 1.93. The summed E-state index contributed by atoms with van der Waals surface area (Å²) in [6, 6.07) is 10.8. The predicted molar refractivity (Wildman–Crippen MR) is 103 cm³/mol. The van der Waals surface area contributed by atoms with Crippen LogP contribution in [-0.2, 0) is 6.42 Å². The summed E-state index contributed by atoms with van der Waals surface area (Å²) in [5.74, 6) is 1.66. The number of ketones is 1. The number of carbonyl (C=O) groups is 1. The lowest BCUT2D eigenvalue weighted by Gasteiger charge is -2.09. The molecule has 3 heterocycles. The molecule has 0 unspecified atom stereocenters. The Balaban J connectivity index is 1.56. The molecule has 0 spiro atoms. The molecule has 0 aliphatic carbocycles. The first-order chi connectivity index (χ1) is 13.2. The normalized spacial score (nSPS) is 10.9. The van der Waals surface area contributed by atoms with Crippen LogP contribution in [0.1, 0.15) is 15.2 Å². The lowest BCUT2D eigenvalue weighted by atomic mass is 10.1. The zero-order chi connectivity index (χ0) is 18.8. The van der Waals surface area contributed by atoms with E-state index in [1.54, 1.807) is 43.8 Å². The number of fused-ring (bicyclic) bond motifs is 1. The zero-order valence-corrected chi connectivity index (χ0v) is 15.6. The van der Waals surface area contributed by atoms with Gasteiger partial charge in [-0.05, 0) is 24.3 Å². The number of ether oxygens (including phenoxy) is 2. The molecular formula is C20H16N2O4S. The number of oxazole rings is 1. The third-order valence-corrected chi connectivity index (χ3v) is 5.18. The molecule has 136 valence electrons. The van der Waals surface area contributed by atoms with Crippen LogP contribution in [0.2, 0.25) is 0 Å². The summed E-state index contributed by atoms with van der Waals surface area (Å²) in [6.07, 6.45) is 3.60. The van der Waals surface area contributed by atoms with Crippen LogP contribution in [0.3, 0.4) is 0 Å². The van der Waals surface area contributed by atoms with Crippen molar-refractivity contribution >= 4 is 28.2 Å². The monoisotopic (exact) mass is 380 g/mol. The molecule has 3 aromatic heterocycles. The van der Waals surface area contributed by atoms with Crippen LogP contribution in [0, 0.1) is 0 Å². The molecule has 6 nitrogen and oxygen atoms in total. The second kappa shape index (κ2) is 7.20. The molecule has 4 rings (SSSR count). The van der Waals surface area contributed by atoms with Gasteiger partial charge in [0.25, 0.3) is 0 Å². The van der Waals surface area contributed by atoms with Crippen molar-refractivity contribution in [3.63, 3.8) is 0 Å². The highest BCUT2D eigenvalue weighted by Gasteiger charge is 2.16. The number of thiophene rings is 1. The number of hydrogen-bond acceptors (Lipinski definition) is 7. The number of hydrogen-bond donors (Lipinski definition) is 0. The number of benzene rings is 1. The molecule has 0 N–H and O–H groups in total. The van der Waals surface area contributed by atoms with Gasteiger partial charge in [-0.25, -0.2) is 4.98 Å². The van der Waals surface area contributed by atoms with E-state index in [0.717, 1.165) is 9.75 Å². The van der Waals surface area contributed by atoms with E-state index in [0.29, 0.717) is 34.1 Å². The van der Waals surface area contributed by atoms with E-state index in [9.17, 15) is 4.79 Å². The summed E-state index contributed by atoms with van der Waals surface area (Å²) in [7, 11) is 3.11. The highest BCUT2D eigenvalue weighted by molar-refractivity contribution is 7.15. The van der Waals surface area contributed by atoms with Crippen LogP contribution in [0.25, 0.3) is 21.9 Å². The lowest BCUT2D eigenvalue weighted by molar-refractivity contribution is 0.0991. The van der Waals surface area contributed by atoms with Crippen LogP contribution in [0.15, 0.2) is 53.2 Å². The Labute approximate surface area is 159 Å². The van der Waals surface area contributed by atoms with Gasteiger partial charge in [0.2, 0.25) is 5.89 Å². The van der Waals surface area contributed by atoms with Gasteiger partial charge in [-0.2, -0.15) is 0 Å². The van der Waals surface area contributed by atoms with E-state index in [-0.39, 0.29) is 12.2 Å². The third kappa shape index (κ3) is 3.41. The highest BCUT2D eigenvalue weighted by atomic mass is 32.1. The van der Waals surface area contributed by atoms with Crippen LogP contribution in [0.4, 0.5) is 0 Å². The molecule has 0 bridgehead atoms. The van der Waals surface area contributed by atoms with Crippen LogP contribution >= 0.6 is 11.3 Å². The van der Waals surface area contributed by atoms with E-state index in [1.165, 1.54) is 18.4 Å². The summed E-state index contributed by atoms with van der Waals surface area (Å²) in [6.45, 7) is 0. The number of Topliss-reactive ketones (excluding diaryl/α,β-unsaturated/α-hetero) is 1. The van der Waals surface area contributed by atoms with Gasteiger partial charge in [-0.15, -0.1) is 11.3 Å². The van der Waals surface area contributed by atoms with Crippen molar-refractivity contribution in [2.45, 2.75) is 6.42 Å². The molecule has 0 amide bonds. The van der Waals surface area contributed by atoms with E-state index in [1.807, 2.05) is 12.1 Å². The van der Waals surface area contributed by atoms with Gasteiger partial charge < -0.3 is 13.9 Å². The molecular weight excluding hydrogens is 364 g/mol. The maximum Gasteiger partial charge on any atom is 0.237 e. The van der Waals surface area contributed by atoms with Gasteiger partial charge in [0, 0.05) is 29.6 Å². The molecule has 0 atom stereocenters. The zero-order valence-electron chi connectivity index (χ0n) is 14.8. The average Bonchev–Trinajstić information content (AvgIpc) is 3.33. The van der Waals surface area contributed by atoms with Crippen LogP contribution < -0.4 is 9.47 Å². The van der Waals surface area contributed by atoms with Crippen LogP contribution in [-0.4, -0.2) is 30.0 Å². The standard InChI is InChI=1S/C20H16N2O4S/c1-24-12-3-5-14(18(9-12)25-2)16(23)10-13-4-6-19(27-13)20-22-15-11-21-8-7-17(15)26-20/h3-9,11H,10H2,1-2H3. The summed E-state index contributed by atoms with van der Waals surface area (Å²) in [5, 5.41) is 0. The Morgan fingerprint density at radius 3 is 2.81 bits per heavy atom. The SMILES string of the molecule is COc1ccc(C(=O)Cc2ccc(-c3nc4cnccc4o3)s2)c(OC)c1. The molecule has 0 aliphatic rings. The van der Waals surface area contributed by atoms with Crippen molar-refractivity contribution in [3.8, 4) is 22.3 Å². The Morgan fingerprint density at radius 1 is 1.15 bits per heavy atom. The Bertz CT molecular complexity index is 1080. The number of pyridine rings is 1. The molecule has 7 heteroatoms. The highest BCUT2D eigenvalue weighted by Crippen LogP contribution is 2.31. The van der Waals surface area contributed by atoms with E-state index in [4.69, 9.17) is 13.9 Å². The van der Waals surface area contributed by atoms with Gasteiger partial charge in [-0.1, -0.05) is 0 Å². The minimum atomic E-state index is -0.0235. The Hall–Kier alpha value is -3.19. The predicted octanol–water partition coefficient (Wildman–Crippen LogP) is 4.39. The minimum absolute atomic E-state index is 0.0235. The first-order valence-corrected chi connectivity index (χ1v) is 9.04. The third-order valence-electron chi connectivity index (χ3n) is 4.11. The van der Waals surface area contributed by atoms with Gasteiger partial charge in [0.05, 0.1) is 30.9 Å². The van der Waals surface area contributed by atoms with E-state index in [2.05, 4.69) is 9.97 Å². The van der Waals surface area contributed by atoms with Crippen molar-refractivity contribution in [3.05, 3.63) is 59.2 Å². The second-order valence-electron chi connectivity index (χ2n) is 5.79. The van der Waals surface area contributed by atoms with Crippen molar-refractivity contribution in [2.75, 3.05) is 14.2 Å². The minimum Gasteiger partial charge on any atom is -0.497 e. The number of nitrogens with zero attached hydrogens (tertiary/aromatic N) is 2. The summed E-state index contributed by atoms with van der Waals surface area (Å²) < 4.78 is 16.3. The number of carbonyl (C=O) groups excluding carboxylic acids is 1. The Kier molecular flexibility index (Phi) is 4.60. The van der Waals surface area contributed by atoms with E-state index < -0.39 is 0 Å². The first-order valence-electron chi connectivity index (χ1n) is 8.23. The quantitative estimate of drug-likeness (QED) is 0.462. The lowest BCUT2D eigenvalue weighted by Crippen LogP contribution is -2.05. The van der Waals surface area contributed by atoms with Crippen molar-refractivity contribution in [1.29, 1.82) is 0 Å². The molecule has 27 heavy (non-hydrogen) atoms. The number of aromatic nitrogens is 2. The maximum absolute atomic E-state index is 12.7. The average molecular weight is 380 g/mol. The molecule has 0 saturated heterocycles. The fourth-order valence-corrected chi connectivity index (χ4v) is 3.69. The number of rotatable bonds is 6. The fraction of sp³-hybridized carbons (Fsp3) is 0.150. The van der Waals surface area contributed by atoms with Crippen molar-refractivity contribution in [2.24, 2.45) is 0 Å². The van der Waals surface area contributed by atoms with Crippen molar-refractivity contribution < 1.29 is 18.7 Å². The van der Waals surface area contributed by atoms with Gasteiger partial charge in [0.1, 0.15) is 17.0 Å². The van der Waals surface area contributed by atoms with Gasteiger partial charge in [0.15, 0.2) is 11.4 Å². The number of methoxy groups -OCH3 is 2. The van der Waals surface area contributed by atoms with Crippen molar-refractivity contribution in [1.82, 2.24) is 9.97 Å². The molecule has 0 aliphatic heterocycles. The topological polar surface area (TPSA) is 74.5 Å². The summed E-state index contributed by atoms with van der Waals surface area (Å²) in [4.78, 5) is 23.0.